The Balaban J connectivity index is 1.51. The monoisotopic (exact) mass is 453 g/mol. The Labute approximate surface area is 185 Å². The first kappa shape index (κ1) is 21.4. The molecule has 0 saturated carbocycles. The lowest BCUT2D eigenvalue weighted by Gasteiger charge is -2.48. The summed E-state index contributed by atoms with van der Waals surface area (Å²) in [4.78, 5) is 40.5. The molecule has 5 atom stereocenters. The first-order valence-electron chi connectivity index (χ1n) is 10.2. The van der Waals surface area contributed by atoms with Crippen LogP contribution >= 0.6 is 23.2 Å². The summed E-state index contributed by atoms with van der Waals surface area (Å²) in [6, 6.07) is 5.04. The summed E-state index contributed by atoms with van der Waals surface area (Å²) in [6.45, 7) is 2.99. The number of carbonyl (C=O) groups excluding carboxylic acids is 3. The molecule has 3 aliphatic heterocycles. The van der Waals surface area contributed by atoms with Gasteiger partial charge < -0.3 is 16.0 Å². The zero-order valence-electron chi connectivity index (χ0n) is 16.6. The molecule has 0 bridgehead atoms. The van der Waals surface area contributed by atoms with Gasteiger partial charge in [0.1, 0.15) is 6.29 Å². The smallest absolute Gasteiger partial charge is 0.229 e. The molecule has 0 spiro atoms. The maximum Gasteiger partial charge on any atom is 0.229 e. The van der Waals surface area contributed by atoms with Crippen molar-refractivity contribution < 1.29 is 14.4 Å². The lowest BCUT2D eigenvalue weighted by atomic mass is 9.81. The van der Waals surface area contributed by atoms with Gasteiger partial charge in [0.05, 0.1) is 28.7 Å². The number of piperidine rings is 2. The molecule has 1 aromatic rings. The van der Waals surface area contributed by atoms with Gasteiger partial charge in [0.2, 0.25) is 17.7 Å². The van der Waals surface area contributed by atoms with Crippen molar-refractivity contribution in [2.24, 2.45) is 11.8 Å². The zero-order valence-corrected chi connectivity index (χ0v) is 18.1. The van der Waals surface area contributed by atoms with Gasteiger partial charge in [-0.25, -0.2) is 0 Å². The molecule has 8 nitrogen and oxygen atoms in total. The van der Waals surface area contributed by atoms with Gasteiger partial charge in [-0.05, 0) is 38.0 Å². The topological polar surface area (TPSA) is 103 Å². The van der Waals surface area contributed by atoms with E-state index in [1.165, 1.54) is 6.07 Å². The van der Waals surface area contributed by atoms with Gasteiger partial charge in [0.15, 0.2) is 0 Å². The zero-order chi connectivity index (χ0) is 21.4. The predicted molar refractivity (Wildman–Crippen MR) is 114 cm³/mol. The van der Waals surface area contributed by atoms with Gasteiger partial charge >= 0.3 is 0 Å². The quantitative estimate of drug-likeness (QED) is 0.559. The molecule has 3 aliphatic rings. The number of hydrogen-bond acceptors (Lipinski definition) is 5. The van der Waals surface area contributed by atoms with Crippen LogP contribution in [0.25, 0.3) is 0 Å². The van der Waals surface area contributed by atoms with E-state index >= 15 is 0 Å². The summed E-state index contributed by atoms with van der Waals surface area (Å²) in [6.07, 6.45) is 2.22. The number of rotatable bonds is 3. The number of halogens is 2. The highest BCUT2D eigenvalue weighted by Crippen LogP contribution is 2.31. The average Bonchev–Trinajstić information content (AvgIpc) is 2.69. The molecule has 3 amide bonds. The summed E-state index contributed by atoms with van der Waals surface area (Å²) in [5.74, 6) is -2.48. The molecule has 162 valence electrons. The van der Waals surface area contributed by atoms with Gasteiger partial charge in [-0.15, -0.1) is 0 Å². The Morgan fingerprint density at radius 3 is 2.73 bits per heavy atom. The molecule has 4 N–H and O–H groups in total. The van der Waals surface area contributed by atoms with Crippen LogP contribution in [-0.4, -0.2) is 47.7 Å². The van der Waals surface area contributed by atoms with Crippen molar-refractivity contribution in [3.05, 3.63) is 28.2 Å². The number of nitrogens with one attached hydrogen (secondary N) is 4. The van der Waals surface area contributed by atoms with Gasteiger partial charge in [-0.2, -0.15) is 0 Å². The number of amides is 3. The van der Waals surface area contributed by atoms with Crippen LogP contribution in [0.5, 0.6) is 0 Å². The average molecular weight is 454 g/mol. The van der Waals surface area contributed by atoms with Crippen molar-refractivity contribution in [2.75, 3.05) is 11.9 Å². The van der Waals surface area contributed by atoms with E-state index in [9.17, 15) is 14.4 Å². The molecule has 1 aromatic carbocycles. The normalized spacial score (nSPS) is 32.0. The van der Waals surface area contributed by atoms with E-state index in [2.05, 4.69) is 33.1 Å². The van der Waals surface area contributed by atoms with Crippen LogP contribution in [0.1, 0.15) is 32.6 Å². The minimum atomic E-state index is -0.817. The number of carbonyl (C=O) groups is 3. The Morgan fingerprint density at radius 2 is 2.00 bits per heavy atom. The van der Waals surface area contributed by atoms with Crippen molar-refractivity contribution in [2.45, 2.75) is 51.1 Å². The fourth-order valence-corrected chi connectivity index (χ4v) is 5.01. The molecular weight excluding hydrogens is 429 g/mol. The molecule has 3 fully saturated rings. The fraction of sp³-hybridized carbons (Fsp3) is 0.550. The number of benzene rings is 1. The van der Waals surface area contributed by atoms with Crippen molar-refractivity contribution in [1.29, 1.82) is 0 Å². The summed E-state index contributed by atoms with van der Waals surface area (Å²) < 4.78 is 0. The molecule has 3 heterocycles. The SMILES string of the molecule is CC1CCCCN1C1NC(=O)C2C(NC(=O)CC2C(=O)Nc2ccc(Cl)cc2Cl)N1. The van der Waals surface area contributed by atoms with Gasteiger partial charge in [0.25, 0.3) is 0 Å². The van der Waals surface area contributed by atoms with Crippen molar-refractivity contribution >= 4 is 46.6 Å². The van der Waals surface area contributed by atoms with Gasteiger partial charge in [-0.1, -0.05) is 29.6 Å². The van der Waals surface area contributed by atoms with Crippen LogP contribution in [0, 0.1) is 11.8 Å². The molecular formula is C20H25Cl2N5O3. The van der Waals surface area contributed by atoms with Crippen LogP contribution in [0.4, 0.5) is 5.69 Å². The lowest BCUT2D eigenvalue weighted by Crippen LogP contribution is -2.75. The number of nitrogens with zero attached hydrogens (tertiary/aromatic N) is 1. The molecule has 10 heteroatoms. The third-order valence-corrected chi connectivity index (χ3v) is 6.69. The second kappa shape index (κ2) is 8.70. The molecule has 0 radical (unpaired) electrons. The first-order valence-corrected chi connectivity index (χ1v) is 11.0. The van der Waals surface area contributed by atoms with E-state index in [-0.39, 0.29) is 29.5 Å². The molecule has 3 saturated heterocycles. The Hall–Kier alpha value is -1.87. The summed E-state index contributed by atoms with van der Waals surface area (Å²) in [5.41, 5.74) is 0.387. The van der Waals surface area contributed by atoms with Crippen molar-refractivity contribution in [3.8, 4) is 0 Å². The van der Waals surface area contributed by atoms with Crippen LogP contribution in [0.2, 0.25) is 10.0 Å². The molecule has 30 heavy (non-hydrogen) atoms. The summed E-state index contributed by atoms with van der Waals surface area (Å²) in [7, 11) is 0. The first-order chi connectivity index (χ1) is 14.3. The van der Waals surface area contributed by atoms with E-state index in [0.29, 0.717) is 16.8 Å². The molecule has 0 aromatic heterocycles. The highest BCUT2D eigenvalue weighted by Gasteiger charge is 2.49. The van der Waals surface area contributed by atoms with Gasteiger partial charge in [0, 0.05) is 24.0 Å². The van der Waals surface area contributed by atoms with Crippen molar-refractivity contribution in [1.82, 2.24) is 20.9 Å². The maximum absolute atomic E-state index is 13.0. The summed E-state index contributed by atoms with van der Waals surface area (Å²) >= 11 is 12.1. The van der Waals surface area contributed by atoms with Crippen LogP contribution in [-0.2, 0) is 14.4 Å². The van der Waals surface area contributed by atoms with E-state index in [4.69, 9.17) is 23.2 Å². The Bertz CT molecular complexity index is 867. The Morgan fingerprint density at radius 1 is 1.20 bits per heavy atom. The minimum absolute atomic E-state index is 0.0713. The van der Waals surface area contributed by atoms with E-state index < -0.39 is 23.9 Å². The van der Waals surface area contributed by atoms with Gasteiger partial charge in [-0.3, -0.25) is 24.6 Å². The van der Waals surface area contributed by atoms with Crippen LogP contribution in [0.15, 0.2) is 18.2 Å². The second-order valence-electron chi connectivity index (χ2n) is 8.16. The Kier molecular flexibility index (Phi) is 6.20. The van der Waals surface area contributed by atoms with Crippen LogP contribution < -0.4 is 21.3 Å². The number of anilines is 1. The third-order valence-electron chi connectivity index (χ3n) is 6.15. The lowest BCUT2D eigenvalue weighted by molar-refractivity contribution is -0.148. The van der Waals surface area contributed by atoms with E-state index in [0.717, 1.165) is 25.8 Å². The van der Waals surface area contributed by atoms with Crippen molar-refractivity contribution in [3.63, 3.8) is 0 Å². The van der Waals surface area contributed by atoms with Crippen LogP contribution in [0.3, 0.4) is 0 Å². The largest absolute Gasteiger partial charge is 0.340 e. The predicted octanol–water partition coefficient (Wildman–Crippen LogP) is 1.89. The summed E-state index contributed by atoms with van der Waals surface area (Å²) in [5, 5.41) is 12.6. The molecule has 0 aliphatic carbocycles. The maximum atomic E-state index is 13.0. The fourth-order valence-electron chi connectivity index (χ4n) is 4.56. The molecule has 5 unspecified atom stereocenters. The highest BCUT2D eigenvalue weighted by atomic mass is 35.5. The molecule has 4 rings (SSSR count). The van der Waals surface area contributed by atoms with E-state index in [1.807, 2.05) is 0 Å². The number of likely N-dealkylation sites (tertiary alicyclic amines) is 1. The third kappa shape index (κ3) is 4.27. The van der Waals surface area contributed by atoms with E-state index in [1.54, 1.807) is 12.1 Å². The minimum Gasteiger partial charge on any atom is -0.340 e. The standard InChI is InChI=1S/C20H25Cl2N5O3/c1-10-4-2-3-7-27(10)20-25-17-16(19(30)26-20)12(9-15(28)24-17)18(29)23-14-6-5-11(21)8-13(14)22/h5-6,8,10,12,16-17,20,25H,2-4,7,9H2,1H3,(H,23,29)(H,24,28)(H,26,30). The number of fused-ring (bicyclic) bond motifs is 1. The number of hydrogen-bond donors (Lipinski definition) is 4. The highest BCUT2D eigenvalue weighted by molar-refractivity contribution is 6.36. The second-order valence-corrected chi connectivity index (χ2v) is 9.00.